The number of nitrogens with one attached hydrogen (secondary N) is 2. The van der Waals surface area contributed by atoms with Gasteiger partial charge in [0, 0.05) is 17.5 Å². The molecule has 2 N–H and O–H groups in total. The van der Waals surface area contributed by atoms with E-state index in [1.165, 1.54) is 18.6 Å². The summed E-state index contributed by atoms with van der Waals surface area (Å²) < 4.78 is 51.7. The van der Waals surface area contributed by atoms with E-state index in [-0.39, 0.29) is 22.9 Å². The predicted molar refractivity (Wildman–Crippen MR) is 125 cm³/mol. The van der Waals surface area contributed by atoms with Gasteiger partial charge in [-0.3, -0.25) is 0 Å². The zero-order valence-electron chi connectivity index (χ0n) is 18.1. The van der Waals surface area contributed by atoms with E-state index in [1.54, 1.807) is 31.4 Å². The fourth-order valence-corrected chi connectivity index (χ4v) is 4.94. The Hall–Kier alpha value is -2.69. The number of anilines is 2. The zero-order valence-corrected chi connectivity index (χ0v) is 19.7. The van der Waals surface area contributed by atoms with Crippen LogP contribution >= 0.6 is 11.6 Å². The summed E-state index contributed by atoms with van der Waals surface area (Å²) in [6, 6.07) is 8.10. The number of hydrogen-bond acceptors (Lipinski definition) is 7. The summed E-state index contributed by atoms with van der Waals surface area (Å²) in [5.41, 5.74) is 0.790. The smallest absolute Gasteiger partial charge is 0.208 e. The molecule has 0 radical (unpaired) electrons. The van der Waals surface area contributed by atoms with Gasteiger partial charge in [0.15, 0.2) is 17.3 Å². The van der Waals surface area contributed by atoms with Crippen LogP contribution in [0.25, 0.3) is 10.9 Å². The highest BCUT2D eigenvalue weighted by Gasteiger charge is 2.25. The van der Waals surface area contributed by atoms with Crippen molar-refractivity contribution < 1.29 is 22.3 Å². The Morgan fingerprint density at radius 1 is 1.12 bits per heavy atom. The molecule has 1 aliphatic rings. The molecule has 1 fully saturated rings. The van der Waals surface area contributed by atoms with Crippen LogP contribution in [0.5, 0.6) is 11.5 Å². The van der Waals surface area contributed by atoms with Gasteiger partial charge in [0.05, 0.1) is 35.7 Å². The van der Waals surface area contributed by atoms with Crippen molar-refractivity contribution in [1.29, 1.82) is 0 Å². The number of fused-ring (bicyclic) bond motifs is 1. The zero-order chi connectivity index (χ0) is 23.6. The number of nitrogens with zero attached hydrogens (tertiary/aromatic N) is 2. The average Bonchev–Trinajstić information content (AvgIpc) is 2.77. The Bertz CT molecular complexity index is 1270. The number of hydrogen-bond donors (Lipinski definition) is 2. The standard InChI is InChI=1S/C22H24ClFN4O4S/c1-31-19-11-18-15(22(26-12-25-18)27-17-5-3-4-16(23)21(17)24)10-20(19)32-14-8-6-13(7-9-14)28-33(2,29)30/h3-5,10-14,28H,6-9H2,1-2H3,(H,25,26,27). The van der Waals surface area contributed by atoms with E-state index in [4.69, 9.17) is 21.1 Å². The second-order valence-corrected chi connectivity index (χ2v) is 10.1. The normalized spacial score (nSPS) is 18.8. The fraction of sp³-hybridized carbons (Fsp3) is 0.364. The van der Waals surface area contributed by atoms with E-state index >= 15 is 0 Å². The molecule has 0 amide bonds. The van der Waals surface area contributed by atoms with Crippen LogP contribution in [0.15, 0.2) is 36.7 Å². The molecule has 0 spiro atoms. The van der Waals surface area contributed by atoms with Gasteiger partial charge in [-0.1, -0.05) is 17.7 Å². The van der Waals surface area contributed by atoms with Crippen LogP contribution in [-0.4, -0.2) is 43.9 Å². The number of benzene rings is 2. The maximum Gasteiger partial charge on any atom is 0.208 e. The maximum absolute atomic E-state index is 14.4. The third-order valence-corrected chi connectivity index (χ3v) is 6.53. The minimum absolute atomic E-state index is 0.00465. The van der Waals surface area contributed by atoms with Crippen molar-refractivity contribution in [2.75, 3.05) is 18.7 Å². The van der Waals surface area contributed by atoms with Crippen LogP contribution in [-0.2, 0) is 10.0 Å². The summed E-state index contributed by atoms with van der Waals surface area (Å²) in [6.45, 7) is 0. The van der Waals surface area contributed by atoms with Crippen LogP contribution in [0.1, 0.15) is 25.7 Å². The molecule has 0 saturated heterocycles. The van der Waals surface area contributed by atoms with Gasteiger partial charge < -0.3 is 14.8 Å². The Kier molecular flexibility index (Phi) is 6.87. The third kappa shape index (κ3) is 5.63. The first-order chi connectivity index (χ1) is 15.7. The summed E-state index contributed by atoms with van der Waals surface area (Å²) in [4.78, 5) is 8.56. The molecule has 33 heavy (non-hydrogen) atoms. The van der Waals surface area contributed by atoms with E-state index in [1.807, 2.05) is 0 Å². The molecule has 1 saturated carbocycles. The molecule has 0 aliphatic heterocycles. The molecule has 8 nitrogen and oxygen atoms in total. The lowest BCUT2D eigenvalue weighted by atomic mass is 9.93. The Balaban J connectivity index is 1.58. The number of methoxy groups -OCH3 is 1. The van der Waals surface area contributed by atoms with Gasteiger partial charge in [-0.15, -0.1) is 0 Å². The van der Waals surface area contributed by atoms with E-state index in [0.29, 0.717) is 53.9 Å². The van der Waals surface area contributed by atoms with Crippen LogP contribution in [0.4, 0.5) is 15.9 Å². The molecular weight excluding hydrogens is 471 g/mol. The largest absolute Gasteiger partial charge is 0.493 e. The maximum atomic E-state index is 14.4. The van der Waals surface area contributed by atoms with Crippen molar-refractivity contribution >= 4 is 44.0 Å². The van der Waals surface area contributed by atoms with Gasteiger partial charge in [0.25, 0.3) is 0 Å². The van der Waals surface area contributed by atoms with Crippen LogP contribution in [0.2, 0.25) is 5.02 Å². The van der Waals surface area contributed by atoms with Crippen LogP contribution < -0.4 is 19.5 Å². The number of rotatable bonds is 7. The van der Waals surface area contributed by atoms with Gasteiger partial charge >= 0.3 is 0 Å². The Labute approximate surface area is 196 Å². The van der Waals surface area contributed by atoms with E-state index in [2.05, 4.69) is 20.0 Å². The van der Waals surface area contributed by atoms with Gasteiger partial charge in [-0.2, -0.15) is 0 Å². The highest BCUT2D eigenvalue weighted by atomic mass is 35.5. The first-order valence-corrected chi connectivity index (χ1v) is 12.7. The first-order valence-electron chi connectivity index (χ1n) is 10.4. The van der Waals surface area contributed by atoms with Crippen molar-refractivity contribution in [3.8, 4) is 11.5 Å². The molecule has 176 valence electrons. The molecule has 11 heteroatoms. The lowest BCUT2D eigenvalue weighted by molar-refractivity contribution is 0.140. The number of sulfonamides is 1. The molecule has 2 aromatic carbocycles. The Morgan fingerprint density at radius 2 is 1.88 bits per heavy atom. The second-order valence-electron chi connectivity index (χ2n) is 7.95. The van der Waals surface area contributed by atoms with E-state index < -0.39 is 15.8 Å². The monoisotopic (exact) mass is 494 g/mol. The van der Waals surface area contributed by atoms with E-state index in [9.17, 15) is 12.8 Å². The minimum atomic E-state index is -3.24. The molecule has 1 aromatic heterocycles. The Morgan fingerprint density at radius 3 is 2.58 bits per heavy atom. The van der Waals surface area contributed by atoms with Crippen molar-refractivity contribution in [1.82, 2.24) is 14.7 Å². The first kappa shape index (κ1) is 23.5. The summed E-state index contributed by atoms with van der Waals surface area (Å²) in [6.07, 6.45) is 5.19. The van der Waals surface area contributed by atoms with Gasteiger partial charge in [-0.25, -0.2) is 27.5 Å². The topological polar surface area (TPSA) is 102 Å². The lowest BCUT2D eigenvalue weighted by Gasteiger charge is -2.29. The SMILES string of the molecule is COc1cc2ncnc(Nc3cccc(Cl)c3F)c2cc1OC1CCC(NS(C)(=O)=O)CC1. The number of halogens is 2. The minimum Gasteiger partial charge on any atom is -0.493 e. The molecule has 0 bridgehead atoms. The second kappa shape index (κ2) is 9.66. The van der Waals surface area contributed by atoms with Crippen molar-refractivity contribution in [2.45, 2.75) is 37.8 Å². The summed E-state index contributed by atoms with van der Waals surface area (Å²) in [7, 11) is -1.69. The van der Waals surface area contributed by atoms with Crippen molar-refractivity contribution in [3.05, 3.63) is 47.5 Å². The van der Waals surface area contributed by atoms with Crippen molar-refractivity contribution in [2.24, 2.45) is 0 Å². The molecule has 4 rings (SSSR count). The quantitative estimate of drug-likeness (QED) is 0.501. The van der Waals surface area contributed by atoms with Gasteiger partial charge in [-0.05, 0) is 43.9 Å². The molecule has 0 atom stereocenters. The van der Waals surface area contributed by atoms with Crippen LogP contribution in [0, 0.1) is 5.82 Å². The highest BCUT2D eigenvalue weighted by Crippen LogP contribution is 2.37. The molecule has 0 unspecified atom stereocenters. The van der Waals surface area contributed by atoms with Crippen LogP contribution in [0.3, 0.4) is 0 Å². The average molecular weight is 495 g/mol. The predicted octanol–water partition coefficient (Wildman–Crippen LogP) is 4.41. The molecule has 3 aromatic rings. The fourth-order valence-electron chi connectivity index (χ4n) is 3.92. The van der Waals surface area contributed by atoms with E-state index in [0.717, 1.165) is 0 Å². The third-order valence-electron chi connectivity index (χ3n) is 5.47. The molecule has 1 aliphatic carbocycles. The molecular formula is C22H24ClFN4O4S. The summed E-state index contributed by atoms with van der Waals surface area (Å²) in [5.74, 6) is 0.844. The number of aromatic nitrogens is 2. The van der Waals surface area contributed by atoms with Gasteiger partial charge in [0.1, 0.15) is 12.1 Å². The lowest BCUT2D eigenvalue weighted by Crippen LogP contribution is -2.39. The number of ether oxygens (including phenoxy) is 2. The summed E-state index contributed by atoms with van der Waals surface area (Å²) >= 11 is 5.90. The van der Waals surface area contributed by atoms with Crippen molar-refractivity contribution in [3.63, 3.8) is 0 Å². The highest BCUT2D eigenvalue weighted by molar-refractivity contribution is 7.88. The summed E-state index contributed by atoms with van der Waals surface area (Å²) in [5, 5.41) is 3.61. The molecule has 1 heterocycles. The van der Waals surface area contributed by atoms with Gasteiger partial charge in [0.2, 0.25) is 10.0 Å².